The second kappa shape index (κ2) is 6.92. The van der Waals surface area contributed by atoms with Gasteiger partial charge in [-0.2, -0.15) is 5.10 Å². The molecule has 4 aromatic rings. The average molecular weight is 357 g/mol. The molecule has 0 saturated carbocycles. The summed E-state index contributed by atoms with van der Waals surface area (Å²) in [6.07, 6.45) is 3.39. The highest BCUT2D eigenvalue weighted by Crippen LogP contribution is 2.26. The van der Waals surface area contributed by atoms with Crippen molar-refractivity contribution < 1.29 is 4.79 Å². The maximum Gasteiger partial charge on any atom is 0.319 e. The first kappa shape index (κ1) is 16.8. The number of nitrogens with two attached hydrogens (primary N) is 1. The van der Waals surface area contributed by atoms with Crippen molar-refractivity contribution in [1.82, 2.24) is 14.8 Å². The maximum absolute atomic E-state index is 12.0. The van der Waals surface area contributed by atoms with Crippen LogP contribution in [0.25, 0.3) is 16.6 Å². The van der Waals surface area contributed by atoms with E-state index in [0.29, 0.717) is 12.2 Å². The molecule has 0 spiro atoms. The van der Waals surface area contributed by atoms with Gasteiger partial charge in [-0.3, -0.25) is 9.88 Å². The lowest BCUT2D eigenvalue weighted by Crippen LogP contribution is -2.35. The first-order chi connectivity index (χ1) is 13.1. The quantitative estimate of drug-likeness (QED) is 0.603. The average Bonchev–Trinajstić information content (AvgIpc) is 3.03. The Hall–Kier alpha value is -3.67. The fourth-order valence-corrected chi connectivity index (χ4v) is 3.16. The molecule has 6 heteroatoms. The Morgan fingerprint density at radius 1 is 1.07 bits per heavy atom. The summed E-state index contributed by atoms with van der Waals surface area (Å²) in [4.78, 5) is 17.6. The Kier molecular flexibility index (Phi) is 4.30. The van der Waals surface area contributed by atoms with Gasteiger partial charge >= 0.3 is 6.03 Å². The van der Waals surface area contributed by atoms with E-state index in [1.807, 2.05) is 72.3 Å². The monoisotopic (exact) mass is 357 g/mol. The Balaban J connectivity index is 1.75. The van der Waals surface area contributed by atoms with Gasteiger partial charge < -0.3 is 5.73 Å². The maximum atomic E-state index is 12.0. The molecular formula is C21H19N5O. The van der Waals surface area contributed by atoms with Crippen LogP contribution in [-0.4, -0.2) is 20.8 Å². The number of aromatic nitrogens is 3. The first-order valence-corrected chi connectivity index (χ1v) is 8.64. The molecule has 2 N–H and O–H groups in total. The van der Waals surface area contributed by atoms with Gasteiger partial charge in [-0.1, -0.05) is 18.2 Å². The second-order valence-corrected chi connectivity index (χ2v) is 6.31. The summed E-state index contributed by atoms with van der Waals surface area (Å²) in [5, 5.41) is 5.76. The standard InChI is InChI=1S/C21H19N5O/c1-15-19-8-7-18(25(21(22)27)14-16-9-11-23-12-10-16)13-20(19)24-26(15)17-5-3-2-4-6-17/h2-13H,14H2,1H3,(H2,22,27). The zero-order valence-electron chi connectivity index (χ0n) is 14.9. The zero-order valence-corrected chi connectivity index (χ0v) is 14.9. The molecule has 27 heavy (non-hydrogen) atoms. The number of hydrogen-bond acceptors (Lipinski definition) is 3. The molecule has 0 radical (unpaired) electrons. The topological polar surface area (TPSA) is 77.0 Å². The van der Waals surface area contributed by atoms with E-state index in [2.05, 4.69) is 4.98 Å². The van der Waals surface area contributed by atoms with Crippen molar-refractivity contribution in [3.63, 3.8) is 0 Å². The number of rotatable bonds is 4. The number of amides is 2. The molecule has 0 aliphatic carbocycles. The van der Waals surface area contributed by atoms with Gasteiger partial charge in [0.25, 0.3) is 0 Å². The molecule has 2 heterocycles. The van der Waals surface area contributed by atoms with Crippen molar-refractivity contribution in [2.75, 3.05) is 4.90 Å². The number of pyridine rings is 1. The van der Waals surface area contributed by atoms with Crippen LogP contribution in [0.15, 0.2) is 73.1 Å². The fraction of sp³-hybridized carbons (Fsp3) is 0.0952. The van der Waals surface area contributed by atoms with E-state index in [1.165, 1.54) is 4.90 Å². The lowest BCUT2D eigenvalue weighted by atomic mass is 10.1. The minimum absolute atomic E-state index is 0.377. The van der Waals surface area contributed by atoms with E-state index < -0.39 is 6.03 Å². The van der Waals surface area contributed by atoms with E-state index in [9.17, 15) is 4.79 Å². The summed E-state index contributed by atoms with van der Waals surface area (Å²) >= 11 is 0. The minimum atomic E-state index is -0.509. The molecule has 2 amide bonds. The number of hydrogen-bond donors (Lipinski definition) is 1. The summed E-state index contributed by atoms with van der Waals surface area (Å²) < 4.78 is 1.91. The number of primary amides is 1. The molecule has 0 unspecified atom stereocenters. The molecule has 2 aromatic heterocycles. The SMILES string of the molecule is Cc1c2ccc(N(Cc3ccncc3)C(N)=O)cc2nn1-c1ccccc1. The summed E-state index contributed by atoms with van der Waals surface area (Å²) in [6, 6.07) is 19.0. The lowest BCUT2D eigenvalue weighted by Gasteiger charge is -2.20. The highest BCUT2D eigenvalue weighted by molar-refractivity contribution is 5.94. The molecule has 2 aromatic carbocycles. The van der Waals surface area contributed by atoms with E-state index in [1.54, 1.807) is 12.4 Å². The van der Waals surface area contributed by atoms with Crippen LogP contribution in [0.5, 0.6) is 0 Å². The van der Waals surface area contributed by atoms with Crippen LogP contribution in [0.1, 0.15) is 11.3 Å². The lowest BCUT2D eigenvalue weighted by molar-refractivity contribution is 0.253. The molecule has 0 fully saturated rings. The Bertz CT molecular complexity index is 1090. The van der Waals surface area contributed by atoms with Crippen LogP contribution in [0.3, 0.4) is 0 Å². The second-order valence-electron chi connectivity index (χ2n) is 6.31. The highest BCUT2D eigenvalue weighted by atomic mass is 16.2. The third kappa shape index (κ3) is 3.25. The van der Waals surface area contributed by atoms with Gasteiger partial charge in [0, 0.05) is 29.2 Å². The van der Waals surface area contributed by atoms with Gasteiger partial charge in [-0.05, 0) is 55.0 Å². The van der Waals surface area contributed by atoms with Gasteiger partial charge in [0.15, 0.2) is 0 Å². The van der Waals surface area contributed by atoms with Crippen LogP contribution >= 0.6 is 0 Å². The van der Waals surface area contributed by atoms with Crippen LogP contribution < -0.4 is 10.6 Å². The van der Waals surface area contributed by atoms with E-state index >= 15 is 0 Å². The predicted octanol–water partition coefficient (Wildman–Crippen LogP) is 3.81. The molecule has 0 aliphatic rings. The van der Waals surface area contributed by atoms with Crippen molar-refractivity contribution in [3.05, 3.63) is 84.3 Å². The number of benzene rings is 2. The Morgan fingerprint density at radius 2 is 1.81 bits per heavy atom. The molecular weight excluding hydrogens is 338 g/mol. The van der Waals surface area contributed by atoms with Gasteiger partial charge in [0.2, 0.25) is 0 Å². The first-order valence-electron chi connectivity index (χ1n) is 8.64. The van der Waals surface area contributed by atoms with Crippen molar-refractivity contribution in [2.45, 2.75) is 13.5 Å². The molecule has 134 valence electrons. The fourth-order valence-electron chi connectivity index (χ4n) is 3.16. The number of nitrogens with zero attached hydrogens (tertiary/aromatic N) is 4. The van der Waals surface area contributed by atoms with E-state index in [4.69, 9.17) is 10.8 Å². The van der Waals surface area contributed by atoms with Crippen molar-refractivity contribution in [2.24, 2.45) is 5.73 Å². The minimum Gasteiger partial charge on any atom is -0.351 e. The number of carbonyl (C=O) groups excluding carboxylic acids is 1. The third-order valence-electron chi connectivity index (χ3n) is 4.57. The number of anilines is 1. The smallest absolute Gasteiger partial charge is 0.319 e. The number of carbonyl (C=O) groups is 1. The Labute approximate surface area is 156 Å². The van der Waals surface area contributed by atoms with Gasteiger partial charge in [0.1, 0.15) is 0 Å². The van der Waals surface area contributed by atoms with Crippen molar-refractivity contribution in [1.29, 1.82) is 0 Å². The van der Waals surface area contributed by atoms with Gasteiger partial charge in [0.05, 0.1) is 17.7 Å². The van der Waals surface area contributed by atoms with Crippen LogP contribution in [-0.2, 0) is 6.54 Å². The molecule has 4 rings (SSSR count). The molecule has 0 atom stereocenters. The van der Waals surface area contributed by atoms with Crippen molar-refractivity contribution >= 4 is 22.6 Å². The normalized spacial score (nSPS) is 10.9. The van der Waals surface area contributed by atoms with Crippen LogP contribution in [0, 0.1) is 6.92 Å². The van der Waals surface area contributed by atoms with Gasteiger partial charge in [-0.25, -0.2) is 9.48 Å². The number of aryl methyl sites for hydroxylation is 1. The highest BCUT2D eigenvalue weighted by Gasteiger charge is 2.16. The zero-order chi connectivity index (χ0) is 18.8. The summed E-state index contributed by atoms with van der Waals surface area (Å²) in [7, 11) is 0. The van der Waals surface area contributed by atoms with Crippen LogP contribution in [0.2, 0.25) is 0 Å². The van der Waals surface area contributed by atoms with Gasteiger partial charge in [-0.15, -0.1) is 0 Å². The number of para-hydroxylation sites is 1. The van der Waals surface area contributed by atoms with Crippen molar-refractivity contribution in [3.8, 4) is 5.69 Å². The summed E-state index contributed by atoms with van der Waals surface area (Å²) in [6.45, 7) is 2.41. The van der Waals surface area contributed by atoms with Crippen LogP contribution in [0.4, 0.5) is 10.5 Å². The molecule has 0 bridgehead atoms. The number of fused-ring (bicyclic) bond motifs is 1. The molecule has 6 nitrogen and oxygen atoms in total. The molecule has 0 saturated heterocycles. The predicted molar refractivity (Wildman–Crippen MR) is 106 cm³/mol. The summed E-state index contributed by atoms with van der Waals surface area (Å²) in [5.41, 5.74) is 10.2. The third-order valence-corrected chi connectivity index (χ3v) is 4.57. The summed E-state index contributed by atoms with van der Waals surface area (Å²) in [5.74, 6) is 0. The van der Waals surface area contributed by atoms with E-state index in [-0.39, 0.29) is 0 Å². The largest absolute Gasteiger partial charge is 0.351 e. The van der Waals surface area contributed by atoms with E-state index in [0.717, 1.165) is 27.8 Å². The Morgan fingerprint density at radius 3 is 2.52 bits per heavy atom. The molecule has 0 aliphatic heterocycles. The number of urea groups is 1.